The highest BCUT2D eigenvalue weighted by atomic mass is 35.5. The van der Waals surface area contributed by atoms with Crippen LogP contribution in [0.2, 0.25) is 5.02 Å². The number of rotatable bonds is 4. The lowest BCUT2D eigenvalue weighted by atomic mass is 9.93. The highest BCUT2D eigenvalue weighted by Gasteiger charge is 2.33. The minimum Gasteiger partial charge on any atom is -0.338 e. The average molecular weight is 328 g/mol. The molecule has 1 aliphatic rings. The first-order chi connectivity index (χ1) is 10.4. The molecular formula is C16H23ClFN3O. The standard InChI is InChI=1S/C16H23ClFN3O/c1-4-20(2)16(22)19-10-12-7-8-21(3)15(12)11-5-6-13(17)14(18)9-11/h5-6,9,12,15H,4,7-8,10H2,1-3H3,(H,19,22)/t12-,15+/m1/s1. The predicted octanol–water partition coefficient (Wildman–Crippen LogP) is 3.13. The molecule has 2 amide bonds. The van der Waals surface area contributed by atoms with Crippen LogP contribution in [0.25, 0.3) is 0 Å². The van der Waals surface area contributed by atoms with Crippen LogP contribution in [0, 0.1) is 11.7 Å². The summed E-state index contributed by atoms with van der Waals surface area (Å²) in [5, 5.41) is 3.10. The number of hydrogen-bond acceptors (Lipinski definition) is 2. The van der Waals surface area contributed by atoms with Crippen molar-refractivity contribution in [2.45, 2.75) is 19.4 Å². The zero-order valence-corrected chi connectivity index (χ0v) is 14.0. The third-order valence-corrected chi connectivity index (χ3v) is 4.70. The van der Waals surface area contributed by atoms with Gasteiger partial charge in [0.1, 0.15) is 5.82 Å². The zero-order valence-electron chi connectivity index (χ0n) is 13.3. The second kappa shape index (κ2) is 7.29. The number of urea groups is 1. The lowest BCUT2D eigenvalue weighted by Crippen LogP contribution is -2.40. The molecule has 4 nitrogen and oxygen atoms in total. The van der Waals surface area contributed by atoms with Crippen LogP contribution in [0.5, 0.6) is 0 Å². The van der Waals surface area contributed by atoms with E-state index in [0.717, 1.165) is 18.5 Å². The van der Waals surface area contributed by atoms with Crippen molar-refractivity contribution in [2.75, 3.05) is 33.7 Å². The number of nitrogens with zero attached hydrogens (tertiary/aromatic N) is 2. The van der Waals surface area contributed by atoms with Crippen molar-refractivity contribution in [3.8, 4) is 0 Å². The molecule has 1 saturated heterocycles. The van der Waals surface area contributed by atoms with Gasteiger partial charge in [-0.2, -0.15) is 0 Å². The van der Waals surface area contributed by atoms with Gasteiger partial charge in [0, 0.05) is 26.2 Å². The van der Waals surface area contributed by atoms with Gasteiger partial charge in [-0.1, -0.05) is 17.7 Å². The van der Waals surface area contributed by atoms with Crippen LogP contribution < -0.4 is 5.32 Å². The maximum atomic E-state index is 13.7. The molecule has 1 heterocycles. The van der Waals surface area contributed by atoms with Crippen molar-refractivity contribution < 1.29 is 9.18 Å². The molecule has 1 aliphatic heterocycles. The number of hydrogen-bond donors (Lipinski definition) is 1. The van der Waals surface area contributed by atoms with E-state index in [1.165, 1.54) is 6.07 Å². The van der Waals surface area contributed by atoms with Gasteiger partial charge in [0.2, 0.25) is 0 Å². The fraction of sp³-hybridized carbons (Fsp3) is 0.562. The van der Waals surface area contributed by atoms with E-state index in [1.54, 1.807) is 18.0 Å². The van der Waals surface area contributed by atoms with E-state index < -0.39 is 5.82 Å². The SMILES string of the molecule is CCN(C)C(=O)NC[C@H]1CCN(C)[C@H]1c1ccc(Cl)c(F)c1. The lowest BCUT2D eigenvalue weighted by Gasteiger charge is -2.26. The summed E-state index contributed by atoms with van der Waals surface area (Å²) in [6.45, 7) is 4.12. The lowest BCUT2D eigenvalue weighted by molar-refractivity contribution is 0.206. The van der Waals surface area contributed by atoms with E-state index >= 15 is 0 Å². The Kier molecular flexibility index (Phi) is 5.64. The average Bonchev–Trinajstić information content (AvgIpc) is 2.87. The van der Waals surface area contributed by atoms with Crippen molar-refractivity contribution in [2.24, 2.45) is 5.92 Å². The molecule has 122 valence electrons. The van der Waals surface area contributed by atoms with E-state index in [4.69, 9.17) is 11.6 Å². The molecule has 0 bridgehead atoms. The number of carbonyl (C=O) groups excluding carboxylic acids is 1. The molecule has 1 aromatic carbocycles. The normalized spacial score (nSPS) is 21.9. The molecule has 0 unspecified atom stereocenters. The summed E-state index contributed by atoms with van der Waals surface area (Å²) in [4.78, 5) is 15.7. The minimum absolute atomic E-state index is 0.0712. The second-order valence-corrected chi connectivity index (χ2v) is 6.26. The van der Waals surface area contributed by atoms with Crippen molar-refractivity contribution in [3.05, 3.63) is 34.6 Å². The van der Waals surface area contributed by atoms with Crippen LogP contribution in [0.15, 0.2) is 18.2 Å². The Hall–Kier alpha value is -1.33. The quantitative estimate of drug-likeness (QED) is 0.922. The summed E-state index contributed by atoms with van der Waals surface area (Å²) in [6, 6.07) is 4.99. The topological polar surface area (TPSA) is 35.6 Å². The summed E-state index contributed by atoms with van der Waals surface area (Å²) in [7, 11) is 3.79. The van der Waals surface area contributed by atoms with Gasteiger partial charge in [-0.05, 0) is 50.6 Å². The second-order valence-electron chi connectivity index (χ2n) is 5.85. The maximum Gasteiger partial charge on any atom is 0.317 e. The Labute approximate surface area is 136 Å². The molecule has 1 N–H and O–H groups in total. The first-order valence-corrected chi connectivity index (χ1v) is 7.96. The van der Waals surface area contributed by atoms with Crippen LogP contribution in [-0.4, -0.2) is 49.6 Å². The molecule has 6 heteroatoms. The highest BCUT2D eigenvalue weighted by molar-refractivity contribution is 6.30. The molecule has 2 rings (SSSR count). The van der Waals surface area contributed by atoms with Crippen LogP contribution in [0.1, 0.15) is 24.9 Å². The Morgan fingerprint density at radius 3 is 2.91 bits per heavy atom. The third kappa shape index (κ3) is 3.70. The number of benzene rings is 1. The highest BCUT2D eigenvalue weighted by Crippen LogP contribution is 2.36. The van der Waals surface area contributed by atoms with Gasteiger partial charge in [-0.15, -0.1) is 0 Å². The van der Waals surface area contributed by atoms with Crippen molar-refractivity contribution >= 4 is 17.6 Å². The van der Waals surface area contributed by atoms with Crippen LogP contribution in [-0.2, 0) is 0 Å². The molecular weight excluding hydrogens is 305 g/mol. The van der Waals surface area contributed by atoms with Crippen molar-refractivity contribution in [1.82, 2.24) is 15.1 Å². The fourth-order valence-corrected chi connectivity index (χ4v) is 3.08. The third-order valence-electron chi connectivity index (χ3n) is 4.40. The Bertz CT molecular complexity index is 540. The van der Waals surface area contributed by atoms with Gasteiger partial charge in [0.15, 0.2) is 0 Å². The molecule has 1 aromatic rings. The molecule has 0 spiro atoms. The van der Waals surface area contributed by atoms with Gasteiger partial charge in [-0.3, -0.25) is 4.90 Å². The zero-order chi connectivity index (χ0) is 16.3. The van der Waals surface area contributed by atoms with E-state index in [-0.39, 0.29) is 23.0 Å². The van der Waals surface area contributed by atoms with Gasteiger partial charge >= 0.3 is 6.03 Å². The number of amides is 2. The first kappa shape index (κ1) is 17.0. The molecule has 1 fully saturated rings. The summed E-state index contributed by atoms with van der Waals surface area (Å²) in [5.74, 6) is -0.132. The Balaban J connectivity index is 2.07. The summed E-state index contributed by atoms with van der Waals surface area (Å²) in [6.07, 6.45) is 0.974. The van der Waals surface area contributed by atoms with Gasteiger partial charge in [0.05, 0.1) is 5.02 Å². The molecule has 0 aromatic heterocycles. The number of likely N-dealkylation sites (tertiary alicyclic amines) is 1. The van der Waals surface area contributed by atoms with Crippen molar-refractivity contribution in [1.29, 1.82) is 0 Å². The molecule has 0 radical (unpaired) electrons. The Morgan fingerprint density at radius 1 is 1.55 bits per heavy atom. The van der Waals surface area contributed by atoms with E-state index in [2.05, 4.69) is 10.2 Å². The van der Waals surface area contributed by atoms with E-state index in [1.807, 2.05) is 20.0 Å². The molecule has 0 saturated carbocycles. The first-order valence-electron chi connectivity index (χ1n) is 7.58. The number of halogens is 2. The smallest absolute Gasteiger partial charge is 0.317 e. The molecule has 2 atom stereocenters. The largest absolute Gasteiger partial charge is 0.338 e. The maximum absolute atomic E-state index is 13.7. The minimum atomic E-state index is -0.395. The molecule has 0 aliphatic carbocycles. The summed E-state index contributed by atoms with van der Waals surface area (Å²) in [5.41, 5.74) is 0.907. The summed E-state index contributed by atoms with van der Waals surface area (Å²) >= 11 is 5.76. The molecule has 22 heavy (non-hydrogen) atoms. The van der Waals surface area contributed by atoms with Gasteiger partial charge in [-0.25, -0.2) is 9.18 Å². The van der Waals surface area contributed by atoms with Gasteiger partial charge in [0.25, 0.3) is 0 Å². The van der Waals surface area contributed by atoms with Gasteiger partial charge < -0.3 is 10.2 Å². The fourth-order valence-electron chi connectivity index (χ4n) is 2.96. The predicted molar refractivity (Wildman–Crippen MR) is 86.6 cm³/mol. The van der Waals surface area contributed by atoms with Crippen LogP contribution in [0.3, 0.4) is 0 Å². The number of nitrogens with one attached hydrogen (secondary N) is 1. The monoisotopic (exact) mass is 327 g/mol. The van der Waals surface area contributed by atoms with Crippen LogP contribution >= 0.6 is 11.6 Å². The Morgan fingerprint density at radius 2 is 2.27 bits per heavy atom. The van der Waals surface area contributed by atoms with E-state index in [0.29, 0.717) is 13.1 Å². The van der Waals surface area contributed by atoms with E-state index in [9.17, 15) is 9.18 Å². The number of carbonyl (C=O) groups is 1. The van der Waals surface area contributed by atoms with Crippen LogP contribution in [0.4, 0.5) is 9.18 Å². The van der Waals surface area contributed by atoms with Crippen molar-refractivity contribution in [3.63, 3.8) is 0 Å². The summed E-state index contributed by atoms with van der Waals surface area (Å²) < 4.78 is 13.7.